The summed E-state index contributed by atoms with van der Waals surface area (Å²) in [5.74, 6) is 0.658. The molecule has 6 nitrogen and oxygen atoms in total. The minimum atomic E-state index is -0.0120. The number of aryl methyl sites for hydroxylation is 1. The largest absolute Gasteiger partial charge is 0.461 e. The summed E-state index contributed by atoms with van der Waals surface area (Å²) < 4.78 is 5.48. The molecule has 2 N–H and O–H groups in total. The van der Waals surface area contributed by atoms with Crippen LogP contribution in [0.1, 0.15) is 25.0 Å². The van der Waals surface area contributed by atoms with Gasteiger partial charge in [0.15, 0.2) is 0 Å². The SMILES string of the molecule is Cc1ccc(CN(C)c2nc(N)nc(OC(C)C)n2)cc1. The van der Waals surface area contributed by atoms with Crippen LogP contribution in [0.25, 0.3) is 0 Å². The van der Waals surface area contributed by atoms with Gasteiger partial charge in [0.2, 0.25) is 11.9 Å². The molecule has 0 aliphatic rings. The summed E-state index contributed by atoms with van der Waals surface area (Å²) in [6.07, 6.45) is -0.0120. The van der Waals surface area contributed by atoms with Gasteiger partial charge in [-0.3, -0.25) is 0 Å². The second-order valence-electron chi connectivity index (χ2n) is 5.28. The third-order valence-electron chi connectivity index (χ3n) is 2.84. The molecular formula is C15H21N5O. The third kappa shape index (κ3) is 4.30. The van der Waals surface area contributed by atoms with Crippen LogP contribution in [0.15, 0.2) is 24.3 Å². The van der Waals surface area contributed by atoms with Crippen LogP contribution >= 0.6 is 0 Å². The molecule has 0 saturated carbocycles. The van der Waals surface area contributed by atoms with Gasteiger partial charge in [-0.25, -0.2) is 0 Å². The predicted octanol–water partition coefficient (Wildman–Crippen LogP) is 2.19. The van der Waals surface area contributed by atoms with Crippen LogP contribution in [-0.2, 0) is 6.54 Å². The van der Waals surface area contributed by atoms with Crippen molar-refractivity contribution in [2.24, 2.45) is 0 Å². The summed E-state index contributed by atoms with van der Waals surface area (Å²) in [6.45, 7) is 6.58. The Morgan fingerprint density at radius 1 is 1.14 bits per heavy atom. The number of aromatic nitrogens is 3. The molecule has 0 radical (unpaired) electrons. The van der Waals surface area contributed by atoms with Crippen molar-refractivity contribution in [3.05, 3.63) is 35.4 Å². The highest BCUT2D eigenvalue weighted by Crippen LogP contribution is 2.15. The summed E-state index contributed by atoms with van der Waals surface area (Å²) in [6, 6.07) is 8.59. The summed E-state index contributed by atoms with van der Waals surface area (Å²) in [5.41, 5.74) is 8.13. The molecule has 0 spiro atoms. The first-order chi connectivity index (χ1) is 9.94. The van der Waals surface area contributed by atoms with Gasteiger partial charge in [0.1, 0.15) is 0 Å². The number of nitrogen functional groups attached to an aromatic ring is 1. The lowest BCUT2D eigenvalue weighted by Gasteiger charge is -2.18. The highest BCUT2D eigenvalue weighted by molar-refractivity contribution is 5.36. The fourth-order valence-corrected chi connectivity index (χ4v) is 1.83. The van der Waals surface area contributed by atoms with Crippen LogP contribution in [0, 0.1) is 6.92 Å². The van der Waals surface area contributed by atoms with Gasteiger partial charge in [0.25, 0.3) is 0 Å². The van der Waals surface area contributed by atoms with E-state index >= 15 is 0 Å². The molecule has 0 saturated heterocycles. The molecule has 0 amide bonds. The zero-order valence-electron chi connectivity index (χ0n) is 12.9. The maximum Gasteiger partial charge on any atom is 0.323 e. The molecule has 112 valence electrons. The molecule has 0 atom stereocenters. The second-order valence-corrected chi connectivity index (χ2v) is 5.28. The van der Waals surface area contributed by atoms with E-state index in [-0.39, 0.29) is 18.1 Å². The number of anilines is 2. The smallest absolute Gasteiger partial charge is 0.323 e. The molecule has 0 aliphatic carbocycles. The summed E-state index contributed by atoms with van der Waals surface area (Å²) >= 11 is 0. The first-order valence-corrected chi connectivity index (χ1v) is 6.89. The topological polar surface area (TPSA) is 77.2 Å². The first-order valence-electron chi connectivity index (χ1n) is 6.89. The van der Waals surface area contributed by atoms with Crippen molar-refractivity contribution < 1.29 is 4.74 Å². The summed E-state index contributed by atoms with van der Waals surface area (Å²) in [5, 5.41) is 0. The second kappa shape index (κ2) is 6.39. The monoisotopic (exact) mass is 287 g/mol. The number of ether oxygens (including phenoxy) is 1. The summed E-state index contributed by atoms with van der Waals surface area (Å²) in [4.78, 5) is 14.3. The van der Waals surface area contributed by atoms with Crippen molar-refractivity contribution in [1.29, 1.82) is 0 Å². The highest BCUT2D eigenvalue weighted by atomic mass is 16.5. The summed E-state index contributed by atoms with van der Waals surface area (Å²) in [7, 11) is 1.91. The van der Waals surface area contributed by atoms with Crippen LogP contribution in [0.2, 0.25) is 0 Å². The van der Waals surface area contributed by atoms with E-state index in [1.807, 2.05) is 25.8 Å². The first kappa shape index (κ1) is 15.0. The van der Waals surface area contributed by atoms with Crippen molar-refractivity contribution in [3.63, 3.8) is 0 Å². The maximum atomic E-state index is 5.72. The molecule has 0 aliphatic heterocycles. The molecule has 21 heavy (non-hydrogen) atoms. The Bertz CT molecular complexity index is 598. The van der Waals surface area contributed by atoms with Gasteiger partial charge in [-0.05, 0) is 26.3 Å². The average Bonchev–Trinajstić information content (AvgIpc) is 2.40. The molecular weight excluding hydrogens is 266 g/mol. The van der Waals surface area contributed by atoms with Crippen LogP contribution < -0.4 is 15.4 Å². The van der Waals surface area contributed by atoms with Gasteiger partial charge in [-0.15, -0.1) is 0 Å². The Labute approximate surface area is 125 Å². The number of benzene rings is 1. The number of nitrogens with zero attached hydrogens (tertiary/aromatic N) is 4. The van der Waals surface area contributed by atoms with Crippen molar-refractivity contribution in [3.8, 4) is 6.01 Å². The molecule has 6 heteroatoms. The lowest BCUT2D eigenvalue weighted by Crippen LogP contribution is -2.21. The van der Waals surface area contributed by atoms with E-state index in [4.69, 9.17) is 10.5 Å². The molecule has 0 bridgehead atoms. The predicted molar refractivity (Wildman–Crippen MR) is 83.3 cm³/mol. The molecule has 2 rings (SSSR count). The number of hydrogen-bond donors (Lipinski definition) is 1. The van der Waals surface area contributed by atoms with Crippen molar-refractivity contribution in [1.82, 2.24) is 15.0 Å². The van der Waals surface area contributed by atoms with Gasteiger partial charge in [-0.1, -0.05) is 29.8 Å². The van der Waals surface area contributed by atoms with E-state index in [1.54, 1.807) is 0 Å². The van der Waals surface area contributed by atoms with Crippen LogP contribution in [0.3, 0.4) is 0 Å². The van der Waals surface area contributed by atoms with E-state index < -0.39 is 0 Å². The van der Waals surface area contributed by atoms with Gasteiger partial charge in [-0.2, -0.15) is 15.0 Å². The normalized spacial score (nSPS) is 10.7. The van der Waals surface area contributed by atoms with Crippen LogP contribution in [-0.4, -0.2) is 28.1 Å². The Hall–Kier alpha value is -2.37. The highest BCUT2D eigenvalue weighted by Gasteiger charge is 2.11. The fourth-order valence-electron chi connectivity index (χ4n) is 1.83. The minimum absolute atomic E-state index is 0.0120. The van der Waals surface area contributed by atoms with Crippen molar-refractivity contribution in [2.75, 3.05) is 17.7 Å². The zero-order valence-corrected chi connectivity index (χ0v) is 12.9. The Morgan fingerprint density at radius 2 is 1.81 bits per heavy atom. The Balaban J connectivity index is 2.16. The Kier molecular flexibility index (Phi) is 4.57. The van der Waals surface area contributed by atoms with Crippen molar-refractivity contribution in [2.45, 2.75) is 33.4 Å². The quantitative estimate of drug-likeness (QED) is 0.908. The lowest BCUT2D eigenvalue weighted by atomic mass is 10.1. The van der Waals surface area contributed by atoms with E-state index in [9.17, 15) is 0 Å². The fraction of sp³-hybridized carbons (Fsp3) is 0.400. The molecule has 1 heterocycles. The molecule has 0 fully saturated rings. The van der Waals surface area contributed by atoms with E-state index in [1.165, 1.54) is 11.1 Å². The number of nitrogens with two attached hydrogens (primary N) is 1. The van der Waals surface area contributed by atoms with Crippen molar-refractivity contribution >= 4 is 11.9 Å². The molecule has 0 unspecified atom stereocenters. The standard InChI is InChI=1S/C15H21N5O/c1-10(2)21-15-18-13(16)17-14(19-15)20(4)9-12-7-5-11(3)6-8-12/h5-8,10H,9H2,1-4H3,(H2,16,17,18,19). The van der Waals surface area contributed by atoms with Gasteiger partial charge in [0.05, 0.1) is 6.10 Å². The van der Waals surface area contributed by atoms with E-state index in [0.29, 0.717) is 12.5 Å². The minimum Gasteiger partial charge on any atom is -0.461 e. The number of rotatable bonds is 5. The van der Waals surface area contributed by atoms with Gasteiger partial charge < -0.3 is 15.4 Å². The third-order valence-corrected chi connectivity index (χ3v) is 2.84. The van der Waals surface area contributed by atoms with Gasteiger partial charge in [0, 0.05) is 13.6 Å². The maximum absolute atomic E-state index is 5.72. The molecule has 2 aromatic rings. The van der Waals surface area contributed by atoms with Crippen LogP contribution in [0.4, 0.5) is 11.9 Å². The Morgan fingerprint density at radius 3 is 2.43 bits per heavy atom. The molecule has 1 aromatic carbocycles. The number of hydrogen-bond acceptors (Lipinski definition) is 6. The van der Waals surface area contributed by atoms with E-state index in [0.717, 1.165) is 0 Å². The van der Waals surface area contributed by atoms with Gasteiger partial charge >= 0.3 is 6.01 Å². The molecule has 1 aromatic heterocycles. The lowest BCUT2D eigenvalue weighted by molar-refractivity contribution is 0.222. The zero-order chi connectivity index (χ0) is 15.4. The average molecular weight is 287 g/mol. The van der Waals surface area contributed by atoms with Crippen LogP contribution in [0.5, 0.6) is 6.01 Å². The van der Waals surface area contributed by atoms with E-state index in [2.05, 4.69) is 46.1 Å².